The monoisotopic (exact) mass is 372 g/mol. The van der Waals surface area contributed by atoms with Gasteiger partial charge in [0.2, 0.25) is 0 Å². The van der Waals surface area contributed by atoms with Gasteiger partial charge in [-0.15, -0.1) is 12.4 Å². The summed E-state index contributed by atoms with van der Waals surface area (Å²) >= 11 is 0. The van der Waals surface area contributed by atoms with Gasteiger partial charge in [-0.1, -0.05) is 12.1 Å². The maximum Gasteiger partial charge on any atom is 0.277 e. The molecule has 0 spiro atoms. The third-order valence-electron chi connectivity index (χ3n) is 4.92. The van der Waals surface area contributed by atoms with E-state index < -0.39 is 0 Å². The maximum atomic E-state index is 11.7. The first kappa shape index (κ1) is 18.4. The minimum absolute atomic E-state index is 0. The maximum absolute atomic E-state index is 11.7. The van der Waals surface area contributed by atoms with E-state index in [-0.39, 0.29) is 18.3 Å². The molecule has 1 amide bonds. The lowest BCUT2D eigenvalue weighted by Gasteiger charge is -2.20. The molecule has 0 radical (unpaired) electrons. The summed E-state index contributed by atoms with van der Waals surface area (Å²) in [5, 5.41) is 3.45. The van der Waals surface area contributed by atoms with Crippen molar-refractivity contribution in [2.24, 2.45) is 10.9 Å². The van der Waals surface area contributed by atoms with E-state index in [0.717, 1.165) is 30.2 Å². The van der Waals surface area contributed by atoms with Gasteiger partial charge in [0.1, 0.15) is 11.5 Å². The molecule has 136 valence electrons. The highest BCUT2D eigenvalue weighted by molar-refractivity contribution is 6.13. The molecule has 5 nitrogen and oxygen atoms in total. The minimum Gasteiger partial charge on any atom is -0.497 e. The summed E-state index contributed by atoms with van der Waals surface area (Å²) in [6.07, 6.45) is 1.60. The quantitative estimate of drug-likeness (QED) is 0.876. The highest BCUT2D eigenvalue weighted by Crippen LogP contribution is 2.30. The summed E-state index contributed by atoms with van der Waals surface area (Å²) in [4.78, 5) is 15.5. The topological polar surface area (TPSA) is 59.9 Å². The van der Waals surface area contributed by atoms with Gasteiger partial charge >= 0.3 is 0 Å². The second-order valence-electron chi connectivity index (χ2n) is 6.42. The van der Waals surface area contributed by atoms with Crippen molar-refractivity contribution >= 4 is 24.5 Å². The SMILES string of the molecule is COc1ccc([C@H]2CNC[C@H]2COc2ccc3c(c2)C(=O)N=C3)cc1.Cl. The summed E-state index contributed by atoms with van der Waals surface area (Å²) in [7, 11) is 1.68. The normalized spacial score (nSPS) is 20.6. The van der Waals surface area contributed by atoms with E-state index in [4.69, 9.17) is 9.47 Å². The zero-order chi connectivity index (χ0) is 17.2. The van der Waals surface area contributed by atoms with Crippen molar-refractivity contribution in [1.29, 1.82) is 0 Å². The molecule has 4 rings (SSSR count). The molecule has 0 saturated carbocycles. The van der Waals surface area contributed by atoms with Crippen LogP contribution in [0.3, 0.4) is 0 Å². The molecule has 2 aliphatic rings. The molecule has 26 heavy (non-hydrogen) atoms. The lowest BCUT2D eigenvalue weighted by molar-refractivity contribution is 0.101. The molecule has 1 saturated heterocycles. The number of hydrogen-bond acceptors (Lipinski definition) is 4. The fourth-order valence-corrected chi connectivity index (χ4v) is 3.47. The molecule has 1 N–H and O–H groups in total. The number of aliphatic imine (C=N–C) groups is 1. The standard InChI is InChI=1S/C20H20N2O3.ClH/c1-24-16-5-2-13(3-6-16)19-11-21-9-15(19)12-25-17-7-4-14-10-22-20(23)18(14)8-17;/h2-8,10,15,19,21H,9,11-12H2,1H3;1H/t15-,19+;/m0./s1. The van der Waals surface area contributed by atoms with Crippen LogP contribution in [-0.4, -0.2) is 38.9 Å². The largest absolute Gasteiger partial charge is 0.497 e. The molecular weight excluding hydrogens is 352 g/mol. The Morgan fingerprint density at radius 1 is 1.12 bits per heavy atom. The molecular formula is C20H21ClN2O3. The molecule has 0 bridgehead atoms. The Labute approximate surface area is 158 Å². The Bertz CT molecular complexity index is 820. The number of nitrogens with zero attached hydrogens (tertiary/aromatic N) is 1. The number of ether oxygens (including phenoxy) is 2. The number of carbonyl (C=O) groups excluding carboxylic acids is 1. The van der Waals surface area contributed by atoms with Gasteiger partial charge in [-0.3, -0.25) is 4.79 Å². The summed E-state index contributed by atoms with van der Waals surface area (Å²) < 4.78 is 11.2. The number of benzene rings is 2. The third kappa shape index (κ3) is 3.59. The van der Waals surface area contributed by atoms with E-state index in [9.17, 15) is 4.79 Å². The van der Waals surface area contributed by atoms with E-state index in [2.05, 4.69) is 22.4 Å². The van der Waals surface area contributed by atoms with Crippen LogP contribution < -0.4 is 14.8 Å². The molecule has 0 unspecified atom stereocenters. The van der Waals surface area contributed by atoms with Crippen molar-refractivity contribution in [3.8, 4) is 11.5 Å². The van der Waals surface area contributed by atoms with Gasteiger partial charge < -0.3 is 14.8 Å². The van der Waals surface area contributed by atoms with Crippen molar-refractivity contribution in [3.63, 3.8) is 0 Å². The van der Waals surface area contributed by atoms with Crippen LogP contribution in [0.25, 0.3) is 0 Å². The highest BCUT2D eigenvalue weighted by Gasteiger charge is 2.29. The fraction of sp³-hybridized carbons (Fsp3) is 0.300. The molecule has 2 heterocycles. The van der Waals surface area contributed by atoms with E-state index in [1.807, 2.05) is 24.3 Å². The Morgan fingerprint density at radius 3 is 2.65 bits per heavy atom. The van der Waals surface area contributed by atoms with Gasteiger partial charge in [-0.25, -0.2) is 4.99 Å². The average molecular weight is 373 g/mol. The number of rotatable bonds is 5. The van der Waals surface area contributed by atoms with Crippen LogP contribution in [0.2, 0.25) is 0 Å². The summed E-state index contributed by atoms with van der Waals surface area (Å²) in [5.74, 6) is 2.18. The fourth-order valence-electron chi connectivity index (χ4n) is 3.47. The minimum atomic E-state index is -0.195. The molecule has 0 aliphatic carbocycles. The first-order valence-corrected chi connectivity index (χ1v) is 8.44. The van der Waals surface area contributed by atoms with E-state index >= 15 is 0 Å². The predicted octanol–water partition coefficient (Wildman–Crippen LogP) is 3.07. The second-order valence-corrected chi connectivity index (χ2v) is 6.42. The number of methoxy groups -OCH3 is 1. The van der Waals surface area contributed by atoms with E-state index in [1.54, 1.807) is 19.4 Å². The van der Waals surface area contributed by atoms with Crippen LogP contribution in [-0.2, 0) is 0 Å². The van der Waals surface area contributed by atoms with Crippen LogP contribution >= 0.6 is 12.4 Å². The van der Waals surface area contributed by atoms with E-state index in [1.165, 1.54) is 5.56 Å². The lowest BCUT2D eigenvalue weighted by atomic mass is 9.89. The van der Waals surface area contributed by atoms with Gasteiger partial charge in [-0.05, 0) is 35.9 Å². The summed E-state index contributed by atoms with van der Waals surface area (Å²) in [5.41, 5.74) is 2.77. The number of hydrogen-bond donors (Lipinski definition) is 1. The second kappa shape index (κ2) is 7.89. The average Bonchev–Trinajstić information content (AvgIpc) is 3.27. The number of fused-ring (bicyclic) bond motifs is 1. The van der Waals surface area contributed by atoms with Crippen LogP contribution in [0.15, 0.2) is 47.5 Å². The van der Waals surface area contributed by atoms with Gasteiger partial charge in [0, 0.05) is 36.7 Å². The first-order chi connectivity index (χ1) is 12.2. The summed E-state index contributed by atoms with van der Waals surface area (Å²) in [6, 6.07) is 13.8. The molecule has 1 fully saturated rings. The first-order valence-electron chi connectivity index (χ1n) is 8.44. The van der Waals surface area contributed by atoms with Crippen LogP contribution in [0.5, 0.6) is 11.5 Å². The smallest absolute Gasteiger partial charge is 0.277 e. The Balaban J connectivity index is 0.00000196. The van der Waals surface area contributed by atoms with Gasteiger partial charge in [0.25, 0.3) is 5.91 Å². The lowest BCUT2D eigenvalue weighted by Crippen LogP contribution is -2.19. The highest BCUT2D eigenvalue weighted by atomic mass is 35.5. The third-order valence-corrected chi connectivity index (χ3v) is 4.92. The molecule has 2 aliphatic heterocycles. The zero-order valence-corrected chi connectivity index (χ0v) is 15.3. The van der Waals surface area contributed by atoms with Crippen molar-refractivity contribution < 1.29 is 14.3 Å². The number of carbonyl (C=O) groups is 1. The molecule has 2 aromatic rings. The van der Waals surface area contributed by atoms with Gasteiger partial charge in [-0.2, -0.15) is 0 Å². The van der Waals surface area contributed by atoms with Crippen LogP contribution in [0, 0.1) is 5.92 Å². The Hall–Kier alpha value is -2.37. The molecule has 6 heteroatoms. The van der Waals surface area contributed by atoms with Crippen LogP contribution in [0.1, 0.15) is 27.4 Å². The Morgan fingerprint density at radius 2 is 1.88 bits per heavy atom. The van der Waals surface area contributed by atoms with Crippen LogP contribution in [0.4, 0.5) is 0 Å². The predicted molar refractivity (Wildman–Crippen MR) is 103 cm³/mol. The number of amides is 1. The number of nitrogens with one attached hydrogen (secondary N) is 1. The molecule has 2 aromatic carbocycles. The van der Waals surface area contributed by atoms with Crippen molar-refractivity contribution in [2.45, 2.75) is 5.92 Å². The van der Waals surface area contributed by atoms with Crippen molar-refractivity contribution in [1.82, 2.24) is 5.32 Å². The van der Waals surface area contributed by atoms with Gasteiger partial charge in [0.15, 0.2) is 0 Å². The number of halogens is 1. The molecule has 2 atom stereocenters. The Kier molecular flexibility index (Phi) is 5.59. The summed E-state index contributed by atoms with van der Waals surface area (Å²) in [6.45, 7) is 2.47. The van der Waals surface area contributed by atoms with Gasteiger partial charge in [0.05, 0.1) is 19.3 Å². The molecule has 0 aromatic heterocycles. The van der Waals surface area contributed by atoms with E-state index in [0.29, 0.717) is 24.0 Å². The van der Waals surface area contributed by atoms with Crippen molar-refractivity contribution in [3.05, 3.63) is 59.2 Å². The zero-order valence-electron chi connectivity index (χ0n) is 14.5. The van der Waals surface area contributed by atoms with Crippen molar-refractivity contribution in [2.75, 3.05) is 26.8 Å².